The first-order valence-corrected chi connectivity index (χ1v) is 10.8. The van der Waals surface area contributed by atoms with Gasteiger partial charge >= 0.3 is 5.97 Å². The molecule has 3 rings (SSSR count). The van der Waals surface area contributed by atoms with E-state index in [1.54, 1.807) is 26.2 Å². The van der Waals surface area contributed by atoms with Gasteiger partial charge in [0.05, 0.1) is 23.8 Å². The summed E-state index contributed by atoms with van der Waals surface area (Å²) in [5, 5.41) is 3.26. The molecular formula is C23H20BrNO4S. The van der Waals surface area contributed by atoms with Gasteiger partial charge in [-0.25, -0.2) is 4.79 Å². The molecule has 3 aromatic rings. The van der Waals surface area contributed by atoms with Gasteiger partial charge in [-0.15, -0.1) is 11.3 Å². The Morgan fingerprint density at radius 2 is 1.90 bits per heavy atom. The lowest BCUT2D eigenvalue weighted by molar-refractivity contribution is -0.111. The number of halogens is 1. The van der Waals surface area contributed by atoms with Crippen LogP contribution in [0, 0.1) is 0 Å². The zero-order valence-corrected chi connectivity index (χ0v) is 18.9. The first-order chi connectivity index (χ1) is 14.5. The minimum atomic E-state index is -0.464. The van der Waals surface area contributed by atoms with Gasteiger partial charge < -0.3 is 14.8 Å². The molecule has 0 aliphatic rings. The van der Waals surface area contributed by atoms with Crippen molar-refractivity contribution in [3.63, 3.8) is 0 Å². The Morgan fingerprint density at radius 3 is 2.57 bits per heavy atom. The third-order valence-electron chi connectivity index (χ3n) is 4.13. The van der Waals surface area contributed by atoms with Crippen LogP contribution < -0.4 is 10.1 Å². The van der Waals surface area contributed by atoms with Crippen molar-refractivity contribution in [1.82, 2.24) is 0 Å². The van der Waals surface area contributed by atoms with Crippen molar-refractivity contribution in [2.24, 2.45) is 0 Å². The molecule has 0 saturated carbocycles. The fourth-order valence-corrected chi connectivity index (χ4v) is 4.31. The van der Waals surface area contributed by atoms with Gasteiger partial charge in [-0.1, -0.05) is 36.4 Å². The maximum absolute atomic E-state index is 12.5. The van der Waals surface area contributed by atoms with Gasteiger partial charge in [-0.3, -0.25) is 4.79 Å². The van der Waals surface area contributed by atoms with Crippen LogP contribution in [-0.4, -0.2) is 25.6 Å². The number of rotatable bonds is 7. The van der Waals surface area contributed by atoms with Gasteiger partial charge in [0.15, 0.2) is 0 Å². The second kappa shape index (κ2) is 10.2. The fraction of sp³-hybridized carbons (Fsp3) is 0.130. The van der Waals surface area contributed by atoms with Crippen LogP contribution in [0.25, 0.3) is 16.5 Å². The van der Waals surface area contributed by atoms with E-state index >= 15 is 0 Å². The summed E-state index contributed by atoms with van der Waals surface area (Å²) in [5.41, 5.74) is 2.14. The molecule has 7 heteroatoms. The van der Waals surface area contributed by atoms with Crippen LogP contribution in [0.2, 0.25) is 0 Å². The number of thiophene rings is 1. The van der Waals surface area contributed by atoms with Gasteiger partial charge in [-0.05, 0) is 58.3 Å². The average molecular weight is 486 g/mol. The van der Waals surface area contributed by atoms with Crippen molar-refractivity contribution in [3.8, 4) is 16.2 Å². The van der Waals surface area contributed by atoms with E-state index in [1.165, 1.54) is 17.4 Å². The topological polar surface area (TPSA) is 64.6 Å². The highest BCUT2D eigenvalue weighted by atomic mass is 79.9. The number of ether oxygens (including phenoxy) is 2. The number of hydrogen-bond donors (Lipinski definition) is 1. The number of amides is 1. The maximum atomic E-state index is 12.5. The number of carbonyl (C=O) groups excluding carboxylic acids is 2. The number of benzene rings is 2. The number of methoxy groups -OCH3 is 1. The predicted octanol–water partition coefficient (Wildman–Crippen LogP) is 6.01. The monoisotopic (exact) mass is 485 g/mol. The van der Waals surface area contributed by atoms with Crippen molar-refractivity contribution >= 4 is 50.2 Å². The van der Waals surface area contributed by atoms with Crippen LogP contribution in [-0.2, 0) is 9.53 Å². The summed E-state index contributed by atoms with van der Waals surface area (Å²) in [5.74, 6) is -0.0917. The van der Waals surface area contributed by atoms with Crippen molar-refractivity contribution < 1.29 is 19.1 Å². The van der Waals surface area contributed by atoms with Gasteiger partial charge in [0.25, 0.3) is 0 Å². The molecule has 30 heavy (non-hydrogen) atoms. The predicted molar refractivity (Wildman–Crippen MR) is 124 cm³/mol. The van der Waals surface area contributed by atoms with Crippen LogP contribution in [0.3, 0.4) is 0 Å². The molecule has 1 N–H and O–H groups in total. The molecule has 0 aliphatic carbocycles. The molecule has 0 fully saturated rings. The summed E-state index contributed by atoms with van der Waals surface area (Å²) in [7, 11) is 1.59. The molecule has 0 radical (unpaired) electrons. The largest absolute Gasteiger partial charge is 0.496 e. The standard InChI is InChI=1S/C23H20BrNO4S/c1-3-29-23(27)17-14-20(16-7-5-4-6-8-16)30-22(17)25-21(26)12-10-15-9-11-19(28-2)18(24)13-15/h4-14H,3H2,1-2H3,(H,25,26)/b12-10+. The van der Waals surface area contributed by atoms with E-state index in [9.17, 15) is 9.59 Å². The Labute approximate surface area is 187 Å². The normalized spacial score (nSPS) is 10.8. The Hall–Kier alpha value is -2.90. The number of nitrogens with one attached hydrogen (secondary N) is 1. The quantitative estimate of drug-likeness (QED) is 0.328. The summed E-state index contributed by atoms with van der Waals surface area (Å²) >= 11 is 4.76. The molecule has 154 valence electrons. The molecule has 1 amide bonds. The van der Waals surface area contributed by atoms with Crippen LogP contribution in [0.5, 0.6) is 5.75 Å². The SMILES string of the molecule is CCOC(=O)c1cc(-c2ccccc2)sc1NC(=O)/C=C/c1ccc(OC)c(Br)c1. The third-order valence-corrected chi connectivity index (χ3v) is 5.84. The Kier molecular flexibility index (Phi) is 7.43. The number of hydrogen-bond acceptors (Lipinski definition) is 5. The summed E-state index contributed by atoms with van der Waals surface area (Å²) in [4.78, 5) is 25.7. The van der Waals surface area contributed by atoms with E-state index in [0.717, 1.165) is 20.5 Å². The Balaban J connectivity index is 1.82. The smallest absolute Gasteiger partial charge is 0.341 e. The lowest BCUT2D eigenvalue weighted by atomic mass is 10.1. The van der Waals surface area contributed by atoms with Crippen molar-refractivity contribution in [1.29, 1.82) is 0 Å². The van der Waals surface area contributed by atoms with Gasteiger partial charge in [-0.2, -0.15) is 0 Å². The molecule has 1 heterocycles. The molecule has 0 bridgehead atoms. The first kappa shape index (κ1) is 21.8. The zero-order chi connectivity index (χ0) is 21.5. The third kappa shape index (κ3) is 5.37. The minimum Gasteiger partial charge on any atom is -0.496 e. The average Bonchev–Trinajstić information content (AvgIpc) is 3.17. The van der Waals surface area contributed by atoms with Crippen molar-refractivity contribution in [3.05, 3.63) is 76.3 Å². The first-order valence-electron chi connectivity index (χ1n) is 9.20. The summed E-state index contributed by atoms with van der Waals surface area (Å²) < 4.78 is 11.1. The van der Waals surface area contributed by atoms with Crippen molar-refractivity contribution in [2.45, 2.75) is 6.92 Å². The second-order valence-corrected chi connectivity index (χ2v) is 8.06. The van der Waals surface area contributed by atoms with E-state index in [-0.39, 0.29) is 12.5 Å². The van der Waals surface area contributed by atoms with Crippen LogP contribution >= 0.6 is 27.3 Å². The highest BCUT2D eigenvalue weighted by Gasteiger charge is 2.19. The molecule has 5 nitrogen and oxygen atoms in total. The Morgan fingerprint density at radius 1 is 1.13 bits per heavy atom. The highest BCUT2D eigenvalue weighted by Crippen LogP contribution is 2.36. The molecule has 2 aromatic carbocycles. The molecular weight excluding hydrogens is 466 g/mol. The van der Waals surface area contributed by atoms with Crippen LogP contribution in [0.15, 0.2) is 65.1 Å². The van der Waals surface area contributed by atoms with E-state index < -0.39 is 5.97 Å². The number of esters is 1. The molecule has 0 aliphatic heterocycles. The lowest BCUT2D eigenvalue weighted by Crippen LogP contribution is -2.11. The molecule has 0 saturated heterocycles. The van der Waals surface area contributed by atoms with Crippen LogP contribution in [0.4, 0.5) is 5.00 Å². The number of anilines is 1. The molecule has 0 unspecified atom stereocenters. The summed E-state index contributed by atoms with van der Waals surface area (Å²) in [6.07, 6.45) is 3.11. The van der Waals surface area contributed by atoms with E-state index in [1.807, 2.05) is 48.5 Å². The minimum absolute atomic E-state index is 0.259. The zero-order valence-electron chi connectivity index (χ0n) is 16.5. The van der Waals surface area contributed by atoms with E-state index in [4.69, 9.17) is 9.47 Å². The van der Waals surface area contributed by atoms with Gasteiger partial charge in [0.1, 0.15) is 10.8 Å². The van der Waals surface area contributed by atoms with E-state index in [2.05, 4.69) is 21.2 Å². The van der Waals surface area contributed by atoms with Crippen LogP contribution in [0.1, 0.15) is 22.8 Å². The second-order valence-electron chi connectivity index (χ2n) is 6.16. The summed E-state index contributed by atoms with van der Waals surface area (Å²) in [6.45, 7) is 2.01. The lowest BCUT2D eigenvalue weighted by Gasteiger charge is -2.04. The molecule has 0 atom stereocenters. The number of carbonyl (C=O) groups is 2. The fourth-order valence-electron chi connectivity index (χ4n) is 2.70. The molecule has 0 spiro atoms. The van der Waals surface area contributed by atoms with Crippen molar-refractivity contribution in [2.75, 3.05) is 19.0 Å². The van der Waals surface area contributed by atoms with Gasteiger partial charge in [0.2, 0.25) is 5.91 Å². The Bertz CT molecular complexity index is 1080. The van der Waals surface area contributed by atoms with E-state index in [0.29, 0.717) is 16.3 Å². The molecule has 1 aromatic heterocycles. The van der Waals surface area contributed by atoms with Gasteiger partial charge in [0, 0.05) is 11.0 Å². The summed E-state index contributed by atoms with van der Waals surface area (Å²) in [6, 6.07) is 16.9. The highest BCUT2D eigenvalue weighted by molar-refractivity contribution is 9.10. The maximum Gasteiger partial charge on any atom is 0.341 e.